The van der Waals surface area contributed by atoms with Crippen LogP contribution in [0.5, 0.6) is 0 Å². The summed E-state index contributed by atoms with van der Waals surface area (Å²) in [5.41, 5.74) is 2.80. The lowest BCUT2D eigenvalue weighted by molar-refractivity contribution is -0.115. The molecule has 0 saturated carbocycles. The van der Waals surface area contributed by atoms with Gasteiger partial charge in [0.05, 0.1) is 0 Å². The van der Waals surface area contributed by atoms with Gasteiger partial charge in [0.25, 0.3) is 5.91 Å². The highest BCUT2D eigenvalue weighted by atomic mass is 16.2. The van der Waals surface area contributed by atoms with E-state index in [0.717, 1.165) is 22.2 Å². The number of amidine groups is 1. The van der Waals surface area contributed by atoms with Gasteiger partial charge in [-0.3, -0.25) is 9.78 Å². The number of fused-ring (bicyclic) bond motifs is 1. The Hall–Kier alpha value is -3.28. The molecule has 0 spiro atoms. The van der Waals surface area contributed by atoms with Crippen LogP contribution in [0, 0.1) is 0 Å². The quantitative estimate of drug-likeness (QED) is 0.706. The second-order valence-corrected chi connectivity index (χ2v) is 4.83. The molecule has 0 bridgehead atoms. The fourth-order valence-corrected chi connectivity index (χ4v) is 2.35. The Morgan fingerprint density at radius 1 is 1.14 bits per heavy atom. The van der Waals surface area contributed by atoms with Gasteiger partial charge in [0.15, 0.2) is 0 Å². The van der Waals surface area contributed by atoms with Gasteiger partial charge in [-0.15, -0.1) is 0 Å². The Labute approximate surface area is 125 Å². The standard InChI is InChI=1S/C16H11N5O/c22-16-13(20-14(21-16)10-3-1-5-17-8-10)7-11-9-19-15-12(11)4-2-6-18-15/h1-9H,(H,18,19)(H,20,21,22)/b13-7-. The third-order valence-electron chi connectivity index (χ3n) is 3.41. The van der Waals surface area contributed by atoms with Crippen molar-refractivity contribution in [2.45, 2.75) is 0 Å². The predicted octanol–water partition coefficient (Wildman–Crippen LogP) is 1.88. The molecule has 1 aliphatic heterocycles. The van der Waals surface area contributed by atoms with Gasteiger partial charge in [-0.25, -0.2) is 9.98 Å². The molecule has 4 heterocycles. The smallest absolute Gasteiger partial charge is 0.275 e. The summed E-state index contributed by atoms with van der Waals surface area (Å²) < 4.78 is 0. The van der Waals surface area contributed by atoms with Gasteiger partial charge in [-0.2, -0.15) is 0 Å². The van der Waals surface area contributed by atoms with Crippen molar-refractivity contribution in [3.63, 3.8) is 0 Å². The van der Waals surface area contributed by atoms with Gasteiger partial charge in [0.2, 0.25) is 0 Å². The first kappa shape index (κ1) is 12.5. The molecule has 0 fully saturated rings. The molecular weight excluding hydrogens is 278 g/mol. The lowest BCUT2D eigenvalue weighted by atomic mass is 10.2. The molecule has 2 N–H and O–H groups in total. The minimum absolute atomic E-state index is 0.225. The van der Waals surface area contributed by atoms with Crippen molar-refractivity contribution in [1.82, 2.24) is 20.3 Å². The van der Waals surface area contributed by atoms with E-state index < -0.39 is 0 Å². The fourth-order valence-electron chi connectivity index (χ4n) is 2.35. The Morgan fingerprint density at radius 2 is 2.05 bits per heavy atom. The zero-order valence-electron chi connectivity index (χ0n) is 11.4. The van der Waals surface area contributed by atoms with E-state index in [1.54, 1.807) is 30.7 Å². The van der Waals surface area contributed by atoms with Gasteiger partial charge in [0.1, 0.15) is 17.2 Å². The SMILES string of the molecule is O=C1NC(c2cccnc2)=N/C1=C\c1c[nH]c2ncccc12. The first-order valence-corrected chi connectivity index (χ1v) is 6.75. The summed E-state index contributed by atoms with van der Waals surface area (Å²) in [6.07, 6.45) is 8.62. The number of H-pyrrole nitrogens is 1. The molecule has 0 saturated heterocycles. The molecule has 0 aromatic carbocycles. The first-order chi connectivity index (χ1) is 10.8. The van der Waals surface area contributed by atoms with Crippen LogP contribution in [0.15, 0.2) is 59.7 Å². The van der Waals surface area contributed by atoms with Crippen LogP contribution in [0.3, 0.4) is 0 Å². The van der Waals surface area contributed by atoms with Gasteiger partial charge in [-0.05, 0) is 30.3 Å². The van der Waals surface area contributed by atoms with Crippen molar-refractivity contribution in [2.24, 2.45) is 4.99 Å². The topological polar surface area (TPSA) is 83.0 Å². The van der Waals surface area contributed by atoms with E-state index in [4.69, 9.17) is 0 Å². The number of aliphatic imine (C=N–C) groups is 1. The summed E-state index contributed by atoms with van der Waals surface area (Å²) in [6, 6.07) is 7.46. The van der Waals surface area contributed by atoms with Crippen LogP contribution in [0.25, 0.3) is 17.1 Å². The summed E-state index contributed by atoms with van der Waals surface area (Å²) in [4.78, 5) is 27.8. The van der Waals surface area contributed by atoms with Crippen LogP contribution in [0.1, 0.15) is 11.1 Å². The molecule has 0 unspecified atom stereocenters. The number of aromatic amines is 1. The van der Waals surface area contributed by atoms with Crippen molar-refractivity contribution in [2.75, 3.05) is 0 Å². The number of nitrogens with one attached hydrogen (secondary N) is 2. The molecular formula is C16H11N5O. The lowest BCUT2D eigenvalue weighted by Crippen LogP contribution is -2.24. The van der Waals surface area contributed by atoms with E-state index in [1.165, 1.54) is 0 Å². The molecule has 4 rings (SSSR count). The number of hydrogen-bond donors (Lipinski definition) is 2. The van der Waals surface area contributed by atoms with E-state index in [2.05, 4.69) is 25.3 Å². The predicted molar refractivity (Wildman–Crippen MR) is 83.0 cm³/mol. The monoisotopic (exact) mass is 289 g/mol. The van der Waals surface area contributed by atoms with Crippen LogP contribution in [0.4, 0.5) is 0 Å². The van der Waals surface area contributed by atoms with Crippen molar-refractivity contribution in [3.8, 4) is 0 Å². The molecule has 106 valence electrons. The minimum atomic E-state index is -0.225. The van der Waals surface area contributed by atoms with Crippen LogP contribution < -0.4 is 5.32 Å². The average molecular weight is 289 g/mol. The maximum atomic E-state index is 12.1. The Kier molecular flexibility index (Phi) is 2.79. The van der Waals surface area contributed by atoms with Gasteiger partial charge >= 0.3 is 0 Å². The summed E-state index contributed by atoms with van der Waals surface area (Å²) >= 11 is 0. The van der Waals surface area contributed by atoms with Gasteiger partial charge < -0.3 is 10.3 Å². The number of nitrogens with zero attached hydrogens (tertiary/aromatic N) is 3. The highest BCUT2D eigenvalue weighted by Gasteiger charge is 2.21. The zero-order chi connectivity index (χ0) is 14.9. The molecule has 6 nitrogen and oxygen atoms in total. The molecule has 0 atom stereocenters. The number of amides is 1. The van der Waals surface area contributed by atoms with E-state index in [0.29, 0.717) is 11.5 Å². The van der Waals surface area contributed by atoms with Crippen molar-refractivity contribution < 1.29 is 4.79 Å². The second-order valence-electron chi connectivity index (χ2n) is 4.83. The van der Waals surface area contributed by atoms with E-state index in [9.17, 15) is 4.79 Å². The van der Waals surface area contributed by atoms with Gasteiger partial charge in [-0.1, -0.05) is 0 Å². The summed E-state index contributed by atoms with van der Waals surface area (Å²) in [5, 5.41) is 3.71. The fraction of sp³-hybridized carbons (Fsp3) is 0. The van der Waals surface area contributed by atoms with Crippen LogP contribution in [-0.2, 0) is 4.79 Å². The molecule has 3 aromatic heterocycles. The Bertz CT molecular complexity index is 924. The second kappa shape index (κ2) is 4.92. The highest BCUT2D eigenvalue weighted by molar-refractivity contribution is 6.20. The largest absolute Gasteiger partial charge is 0.346 e. The lowest BCUT2D eigenvalue weighted by Gasteiger charge is -1.97. The number of rotatable bonds is 2. The van der Waals surface area contributed by atoms with Crippen LogP contribution in [-0.4, -0.2) is 26.7 Å². The van der Waals surface area contributed by atoms with E-state index >= 15 is 0 Å². The Balaban J connectivity index is 1.76. The number of aromatic nitrogens is 3. The summed E-state index contributed by atoms with van der Waals surface area (Å²) in [6.45, 7) is 0. The van der Waals surface area contributed by atoms with Gasteiger partial charge in [0, 0.05) is 41.3 Å². The van der Waals surface area contributed by atoms with Crippen LogP contribution >= 0.6 is 0 Å². The minimum Gasteiger partial charge on any atom is -0.346 e. The molecule has 0 aliphatic carbocycles. The maximum absolute atomic E-state index is 12.1. The summed E-state index contributed by atoms with van der Waals surface area (Å²) in [7, 11) is 0. The Morgan fingerprint density at radius 3 is 2.91 bits per heavy atom. The zero-order valence-corrected chi connectivity index (χ0v) is 11.4. The van der Waals surface area contributed by atoms with E-state index in [-0.39, 0.29) is 5.91 Å². The average Bonchev–Trinajstić information content (AvgIpc) is 3.13. The normalized spacial score (nSPS) is 16.1. The van der Waals surface area contributed by atoms with Crippen molar-refractivity contribution in [3.05, 3.63) is 65.9 Å². The van der Waals surface area contributed by atoms with E-state index in [1.807, 2.05) is 24.4 Å². The number of pyridine rings is 2. The number of carbonyl (C=O) groups excluding carboxylic acids is 1. The molecule has 1 aliphatic rings. The molecule has 6 heteroatoms. The summed E-state index contributed by atoms with van der Waals surface area (Å²) in [5.74, 6) is 0.291. The van der Waals surface area contributed by atoms with Crippen molar-refractivity contribution >= 4 is 28.9 Å². The molecule has 3 aromatic rings. The molecule has 1 amide bonds. The maximum Gasteiger partial charge on any atom is 0.275 e. The number of hydrogen-bond acceptors (Lipinski definition) is 4. The third-order valence-corrected chi connectivity index (χ3v) is 3.41. The highest BCUT2D eigenvalue weighted by Crippen LogP contribution is 2.21. The third kappa shape index (κ3) is 2.07. The number of carbonyl (C=O) groups is 1. The molecule has 22 heavy (non-hydrogen) atoms. The van der Waals surface area contributed by atoms with Crippen LogP contribution in [0.2, 0.25) is 0 Å². The van der Waals surface area contributed by atoms with Crippen molar-refractivity contribution in [1.29, 1.82) is 0 Å². The first-order valence-electron chi connectivity index (χ1n) is 6.75. The molecule has 0 radical (unpaired) electrons.